The molecule has 0 heterocycles. The summed E-state index contributed by atoms with van der Waals surface area (Å²) in [6.07, 6.45) is 13.5. The molecule has 0 unspecified atom stereocenters. The van der Waals surface area contributed by atoms with Gasteiger partial charge in [0.2, 0.25) is 0 Å². The van der Waals surface area contributed by atoms with Crippen LogP contribution in [0, 0.1) is 0 Å². The van der Waals surface area contributed by atoms with Gasteiger partial charge in [0.25, 0.3) is 0 Å². The van der Waals surface area contributed by atoms with Crippen LogP contribution >= 0.6 is 0 Å². The van der Waals surface area contributed by atoms with Crippen molar-refractivity contribution in [1.29, 1.82) is 0 Å². The number of hydrogen-bond donors (Lipinski definition) is 0. The highest BCUT2D eigenvalue weighted by molar-refractivity contribution is 5.63. The Balaban J connectivity index is 1.98. The Kier molecular flexibility index (Phi) is 5.51. The highest BCUT2D eigenvalue weighted by Gasteiger charge is 2.01. The van der Waals surface area contributed by atoms with Crippen molar-refractivity contribution in [3.05, 3.63) is 42.0 Å². The number of fused-ring (bicyclic) bond motifs is 12. The van der Waals surface area contributed by atoms with E-state index >= 15 is 0 Å². The first-order valence-electron chi connectivity index (χ1n) is 7.63. The summed E-state index contributed by atoms with van der Waals surface area (Å²) in [5.41, 5.74) is 4.14. The van der Waals surface area contributed by atoms with Gasteiger partial charge in [0.05, 0.1) is 0 Å². The number of benzene rings is 1. The number of allylic oxidation sites excluding steroid dienone is 1. The third kappa shape index (κ3) is 4.33. The van der Waals surface area contributed by atoms with E-state index in [4.69, 9.17) is 0 Å². The minimum absolute atomic E-state index is 1.17. The van der Waals surface area contributed by atoms with E-state index < -0.39 is 0 Å². The molecule has 0 atom stereocenters. The maximum Gasteiger partial charge on any atom is -0.0230 e. The zero-order valence-corrected chi connectivity index (χ0v) is 11.6. The van der Waals surface area contributed by atoms with Gasteiger partial charge in [-0.15, -0.1) is 0 Å². The van der Waals surface area contributed by atoms with E-state index in [1.807, 2.05) is 0 Å². The van der Waals surface area contributed by atoms with Crippen LogP contribution in [0.25, 0.3) is 5.57 Å². The molecule has 0 spiro atoms. The number of hydrogen-bond acceptors (Lipinski definition) is 0. The topological polar surface area (TPSA) is 0 Å². The van der Waals surface area contributed by atoms with Gasteiger partial charge in [0, 0.05) is 0 Å². The minimum atomic E-state index is 1.17. The molecule has 98 valence electrons. The monoisotopic (exact) mass is 242 g/mol. The number of aryl methyl sites for hydroxylation is 1. The fourth-order valence-electron chi connectivity index (χ4n) is 2.78. The maximum absolute atomic E-state index is 4.23. The van der Waals surface area contributed by atoms with Gasteiger partial charge in [0.1, 0.15) is 0 Å². The zero-order chi connectivity index (χ0) is 12.6. The predicted octanol–water partition coefficient (Wildman–Crippen LogP) is 5.77. The van der Waals surface area contributed by atoms with Gasteiger partial charge in [-0.2, -0.15) is 0 Å². The maximum atomic E-state index is 4.23. The molecule has 3 rings (SSSR count). The molecule has 0 nitrogen and oxygen atoms in total. The lowest BCUT2D eigenvalue weighted by molar-refractivity contribution is 0.571. The van der Waals surface area contributed by atoms with Crippen molar-refractivity contribution in [2.24, 2.45) is 0 Å². The fourth-order valence-corrected chi connectivity index (χ4v) is 2.78. The molecule has 0 heteroatoms. The highest BCUT2D eigenvalue weighted by Crippen LogP contribution is 2.21. The van der Waals surface area contributed by atoms with Crippen LogP contribution in [-0.4, -0.2) is 0 Å². The van der Waals surface area contributed by atoms with Crippen molar-refractivity contribution in [2.75, 3.05) is 0 Å². The van der Waals surface area contributed by atoms with Gasteiger partial charge in [-0.25, -0.2) is 0 Å². The van der Waals surface area contributed by atoms with Crippen molar-refractivity contribution in [3.8, 4) is 0 Å². The Morgan fingerprint density at radius 1 is 0.611 bits per heavy atom. The van der Waals surface area contributed by atoms with E-state index in [2.05, 4.69) is 30.8 Å². The summed E-state index contributed by atoms with van der Waals surface area (Å²) in [5.74, 6) is 0. The summed E-state index contributed by atoms with van der Waals surface area (Å²) < 4.78 is 0. The average molecular weight is 242 g/mol. The summed E-state index contributed by atoms with van der Waals surface area (Å²) >= 11 is 0. The quantitative estimate of drug-likeness (QED) is 0.542. The first kappa shape index (κ1) is 13.4. The first-order chi connectivity index (χ1) is 8.86. The van der Waals surface area contributed by atoms with Crippen LogP contribution < -0.4 is 0 Å². The van der Waals surface area contributed by atoms with Crippen LogP contribution in [0.1, 0.15) is 68.9 Å². The van der Waals surface area contributed by atoms with E-state index in [0.717, 1.165) is 0 Å². The largest absolute Gasteiger partial charge is 0.0952 e. The van der Waals surface area contributed by atoms with Crippen LogP contribution in [0.15, 0.2) is 30.8 Å². The average Bonchev–Trinajstić information content (AvgIpc) is 2.41. The van der Waals surface area contributed by atoms with Gasteiger partial charge in [0.15, 0.2) is 0 Å². The van der Waals surface area contributed by atoms with Crippen LogP contribution in [0.5, 0.6) is 0 Å². The summed E-state index contributed by atoms with van der Waals surface area (Å²) in [6.45, 7) is 4.23. The summed E-state index contributed by atoms with van der Waals surface area (Å²) in [4.78, 5) is 0. The molecule has 0 saturated carbocycles. The molecule has 0 aliphatic heterocycles. The minimum Gasteiger partial charge on any atom is -0.0952 e. The van der Waals surface area contributed by atoms with Crippen molar-refractivity contribution in [1.82, 2.24) is 0 Å². The molecule has 0 radical (unpaired) electrons. The number of rotatable bonds is 0. The molecular weight excluding hydrogens is 216 g/mol. The SMILES string of the molecule is C=C1CCCCCCCCCCc2ccc1cc2. The van der Waals surface area contributed by atoms with E-state index in [9.17, 15) is 0 Å². The van der Waals surface area contributed by atoms with E-state index in [-0.39, 0.29) is 0 Å². The molecule has 2 aliphatic rings. The Hall–Kier alpha value is -1.04. The Bertz CT molecular complexity index is 358. The highest BCUT2D eigenvalue weighted by atomic mass is 14.1. The molecule has 0 aromatic heterocycles. The van der Waals surface area contributed by atoms with E-state index in [0.29, 0.717) is 0 Å². The van der Waals surface area contributed by atoms with Crippen LogP contribution in [-0.2, 0) is 6.42 Å². The smallest absolute Gasteiger partial charge is 0.0230 e. The first-order valence-corrected chi connectivity index (χ1v) is 7.63. The van der Waals surface area contributed by atoms with Crippen molar-refractivity contribution >= 4 is 5.57 Å². The molecular formula is C18H26. The zero-order valence-electron chi connectivity index (χ0n) is 11.6. The molecule has 18 heavy (non-hydrogen) atoms. The lowest BCUT2D eigenvalue weighted by atomic mass is 9.99. The molecule has 0 N–H and O–H groups in total. The second-order valence-electron chi connectivity index (χ2n) is 5.63. The Morgan fingerprint density at radius 3 is 1.72 bits per heavy atom. The van der Waals surface area contributed by atoms with Gasteiger partial charge in [-0.3, -0.25) is 0 Å². The van der Waals surface area contributed by atoms with Crippen LogP contribution in [0.2, 0.25) is 0 Å². The summed E-state index contributed by atoms with van der Waals surface area (Å²) in [7, 11) is 0. The van der Waals surface area contributed by atoms with Crippen molar-refractivity contribution in [3.63, 3.8) is 0 Å². The fraction of sp³-hybridized carbons (Fsp3) is 0.556. The van der Waals surface area contributed by atoms with Gasteiger partial charge < -0.3 is 0 Å². The predicted molar refractivity (Wildman–Crippen MR) is 80.7 cm³/mol. The molecule has 0 fully saturated rings. The van der Waals surface area contributed by atoms with Crippen LogP contribution in [0.4, 0.5) is 0 Å². The second-order valence-corrected chi connectivity index (χ2v) is 5.63. The third-order valence-corrected chi connectivity index (χ3v) is 4.06. The van der Waals surface area contributed by atoms with Crippen molar-refractivity contribution in [2.45, 2.75) is 64.2 Å². The summed E-state index contributed by atoms with van der Waals surface area (Å²) in [6, 6.07) is 9.11. The van der Waals surface area contributed by atoms with Gasteiger partial charge in [-0.1, -0.05) is 69.4 Å². The van der Waals surface area contributed by atoms with Gasteiger partial charge >= 0.3 is 0 Å². The molecule has 1 aromatic carbocycles. The lowest BCUT2D eigenvalue weighted by Crippen LogP contribution is -1.88. The van der Waals surface area contributed by atoms with Crippen molar-refractivity contribution < 1.29 is 0 Å². The molecule has 2 aliphatic carbocycles. The van der Waals surface area contributed by atoms with E-state index in [1.165, 1.54) is 80.9 Å². The molecule has 2 bridgehead atoms. The van der Waals surface area contributed by atoms with Gasteiger partial charge in [-0.05, 0) is 42.4 Å². The summed E-state index contributed by atoms with van der Waals surface area (Å²) in [5, 5.41) is 0. The Labute approximate surface area is 112 Å². The Morgan fingerprint density at radius 2 is 1.11 bits per heavy atom. The van der Waals surface area contributed by atoms with E-state index in [1.54, 1.807) is 0 Å². The molecule has 0 saturated heterocycles. The third-order valence-electron chi connectivity index (χ3n) is 4.06. The molecule has 1 aromatic rings. The van der Waals surface area contributed by atoms with Crippen LogP contribution in [0.3, 0.4) is 0 Å². The lowest BCUT2D eigenvalue weighted by Gasteiger charge is -2.07. The second kappa shape index (κ2) is 7.41. The normalized spacial score (nSPS) is 19.2. The standard InChI is InChI=1S/C18H26/c1-16-10-8-6-4-2-3-5-7-9-11-17-12-14-18(16)15-13-17/h12-15H,1-11H2. The molecule has 0 amide bonds.